The van der Waals surface area contributed by atoms with Crippen molar-refractivity contribution in [2.24, 2.45) is 5.92 Å². The second-order valence-electron chi connectivity index (χ2n) is 7.22. The molecule has 9 heteroatoms. The summed E-state index contributed by atoms with van der Waals surface area (Å²) in [5, 5.41) is 14.1. The molecule has 144 valence electrons. The van der Waals surface area contributed by atoms with Gasteiger partial charge in [-0.25, -0.2) is 0 Å². The van der Waals surface area contributed by atoms with E-state index in [2.05, 4.69) is 20.4 Å². The van der Waals surface area contributed by atoms with E-state index in [9.17, 15) is 9.59 Å². The van der Waals surface area contributed by atoms with Crippen molar-refractivity contribution in [1.29, 1.82) is 0 Å². The van der Waals surface area contributed by atoms with Crippen molar-refractivity contribution < 1.29 is 4.79 Å². The van der Waals surface area contributed by atoms with Gasteiger partial charge in [-0.15, -0.1) is 21.5 Å². The van der Waals surface area contributed by atoms with Gasteiger partial charge in [0.05, 0.1) is 6.54 Å². The van der Waals surface area contributed by atoms with E-state index in [1.807, 2.05) is 23.6 Å². The Morgan fingerprint density at radius 3 is 2.93 bits per heavy atom. The summed E-state index contributed by atoms with van der Waals surface area (Å²) < 4.78 is 1.72. The molecule has 28 heavy (non-hydrogen) atoms. The Balaban J connectivity index is 1.49. The number of hydrogen-bond acceptors (Lipinski definition) is 7. The number of aromatic nitrogens is 3. The normalized spacial score (nSPS) is 23.3. The van der Waals surface area contributed by atoms with Crippen LogP contribution in [0.2, 0.25) is 0 Å². The number of nitrogens with zero attached hydrogens (tertiary/aromatic N) is 4. The number of anilines is 1. The first-order valence-electron chi connectivity index (χ1n) is 9.23. The standard InChI is InChI=1S/C19H19N5O2S2/c25-16-5-1-4-15-12-7-13(10-23(9-12)19-22-21-11-28-19)17(24(15)16)18(26)20-8-14-3-2-6-27-14/h1-6,11-13,17H,7-10H2,(H,20,26)/t12-,13+,17+/m0/s1. The van der Waals surface area contributed by atoms with Crippen LogP contribution in [0, 0.1) is 5.92 Å². The summed E-state index contributed by atoms with van der Waals surface area (Å²) in [5.41, 5.74) is 2.56. The monoisotopic (exact) mass is 413 g/mol. The SMILES string of the molecule is O=C(NCc1cccs1)[C@H]1[C@@H]2C[C@@H](CN(c3nncs3)C2)c2cccc(=O)n21. The lowest BCUT2D eigenvalue weighted by Gasteiger charge is -2.46. The third-order valence-corrected chi connectivity index (χ3v) is 7.18. The van der Waals surface area contributed by atoms with Crippen LogP contribution in [0.4, 0.5) is 5.13 Å². The Morgan fingerprint density at radius 1 is 1.21 bits per heavy atom. The summed E-state index contributed by atoms with van der Waals surface area (Å²) in [6.45, 7) is 1.97. The highest BCUT2D eigenvalue weighted by Gasteiger charge is 2.44. The third-order valence-electron chi connectivity index (χ3n) is 5.55. The number of thiophene rings is 1. The highest BCUT2D eigenvalue weighted by molar-refractivity contribution is 7.13. The quantitative estimate of drug-likeness (QED) is 0.710. The molecule has 1 N–H and O–H groups in total. The maximum atomic E-state index is 13.2. The molecule has 0 aromatic carbocycles. The van der Waals surface area contributed by atoms with Crippen molar-refractivity contribution in [3.63, 3.8) is 0 Å². The molecule has 0 radical (unpaired) electrons. The number of carbonyl (C=O) groups is 1. The van der Waals surface area contributed by atoms with Crippen LogP contribution in [-0.4, -0.2) is 33.8 Å². The van der Waals surface area contributed by atoms with Crippen LogP contribution in [0.15, 0.2) is 46.0 Å². The first-order valence-corrected chi connectivity index (χ1v) is 11.0. The zero-order chi connectivity index (χ0) is 19.1. The Bertz CT molecular complexity index is 1030. The predicted molar refractivity (Wildman–Crippen MR) is 109 cm³/mol. The van der Waals surface area contributed by atoms with Gasteiger partial charge in [0, 0.05) is 41.6 Å². The molecule has 1 amide bonds. The van der Waals surface area contributed by atoms with Gasteiger partial charge in [-0.05, 0) is 23.9 Å². The van der Waals surface area contributed by atoms with E-state index in [1.54, 1.807) is 33.5 Å². The lowest BCUT2D eigenvalue weighted by atomic mass is 9.78. The molecule has 2 aliphatic rings. The number of piperidine rings is 1. The smallest absolute Gasteiger partial charge is 0.251 e. The van der Waals surface area contributed by atoms with Crippen molar-refractivity contribution in [1.82, 2.24) is 20.1 Å². The van der Waals surface area contributed by atoms with E-state index in [-0.39, 0.29) is 23.3 Å². The molecular weight excluding hydrogens is 394 g/mol. The van der Waals surface area contributed by atoms with E-state index < -0.39 is 6.04 Å². The second-order valence-corrected chi connectivity index (χ2v) is 9.06. The number of amides is 1. The lowest BCUT2D eigenvalue weighted by molar-refractivity contribution is -0.127. The van der Waals surface area contributed by atoms with Crippen LogP contribution >= 0.6 is 22.7 Å². The largest absolute Gasteiger partial charge is 0.349 e. The average Bonchev–Trinajstić information content (AvgIpc) is 3.41. The van der Waals surface area contributed by atoms with Crippen LogP contribution in [0.5, 0.6) is 0 Å². The summed E-state index contributed by atoms with van der Waals surface area (Å²) in [7, 11) is 0. The van der Waals surface area contributed by atoms with Crippen LogP contribution < -0.4 is 15.8 Å². The minimum atomic E-state index is -0.504. The van der Waals surface area contributed by atoms with Gasteiger partial charge in [0.25, 0.3) is 5.56 Å². The number of rotatable bonds is 4. The highest BCUT2D eigenvalue weighted by atomic mass is 32.1. The van der Waals surface area contributed by atoms with Crippen molar-refractivity contribution in [3.8, 4) is 0 Å². The molecule has 7 nitrogen and oxygen atoms in total. The third kappa shape index (κ3) is 3.04. The molecule has 2 bridgehead atoms. The van der Waals surface area contributed by atoms with Gasteiger partial charge < -0.3 is 10.2 Å². The van der Waals surface area contributed by atoms with Crippen LogP contribution in [0.1, 0.15) is 29.0 Å². The zero-order valence-electron chi connectivity index (χ0n) is 15.0. The highest BCUT2D eigenvalue weighted by Crippen LogP contribution is 2.42. The maximum Gasteiger partial charge on any atom is 0.251 e. The molecule has 0 saturated carbocycles. The topological polar surface area (TPSA) is 80.1 Å². The first kappa shape index (κ1) is 17.6. The number of carbonyl (C=O) groups excluding carboxylic acids is 1. The minimum absolute atomic E-state index is 0.0542. The van der Waals surface area contributed by atoms with Gasteiger partial charge >= 0.3 is 0 Å². The lowest BCUT2D eigenvalue weighted by Crippen LogP contribution is -2.53. The summed E-state index contributed by atoms with van der Waals surface area (Å²) in [5.74, 6) is 0.169. The minimum Gasteiger partial charge on any atom is -0.349 e. The maximum absolute atomic E-state index is 13.2. The number of nitrogens with one attached hydrogen (secondary N) is 1. The molecule has 3 aromatic rings. The Kier molecular flexibility index (Phi) is 4.48. The van der Waals surface area contributed by atoms with E-state index in [0.717, 1.165) is 28.7 Å². The molecule has 0 spiro atoms. The summed E-state index contributed by atoms with van der Waals surface area (Å²) in [6.07, 6.45) is 0.899. The van der Waals surface area contributed by atoms with Crippen LogP contribution in [0.3, 0.4) is 0 Å². The summed E-state index contributed by atoms with van der Waals surface area (Å²) >= 11 is 3.12. The van der Waals surface area contributed by atoms with Gasteiger partial charge in [-0.2, -0.15) is 0 Å². The average molecular weight is 414 g/mol. The van der Waals surface area contributed by atoms with E-state index in [4.69, 9.17) is 0 Å². The fraction of sp³-hybridized carbons (Fsp3) is 0.368. The van der Waals surface area contributed by atoms with E-state index >= 15 is 0 Å². The molecule has 5 rings (SSSR count). The fourth-order valence-electron chi connectivity index (χ4n) is 4.42. The molecule has 1 saturated heterocycles. The van der Waals surface area contributed by atoms with Crippen LogP contribution in [0.25, 0.3) is 0 Å². The molecule has 1 fully saturated rings. The Morgan fingerprint density at radius 2 is 2.14 bits per heavy atom. The van der Waals surface area contributed by atoms with E-state index in [0.29, 0.717) is 13.1 Å². The second kappa shape index (κ2) is 7.14. The van der Waals surface area contributed by atoms with Crippen molar-refractivity contribution in [2.45, 2.75) is 24.9 Å². The molecule has 2 aliphatic heterocycles. The first-order chi connectivity index (χ1) is 13.7. The molecule has 0 unspecified atom stereocenters. The summed E-state index contributed by atoms with van der Waals surface area (Å²) in [6, 6.07) is 8.78. The van der Waals surface area contributed by atoms with Crippen molar-refractivity contribution >= 4 is 33.7 Å². The van der Waals surface area contributed by atoms with Gasteiger partial charge in [0.15, 0.2) is 0 Å². The van der Waals surface area contributed by atoms with Gasteiger partial charge in [0.1, 0.15) is 11.6 Å². The van der Waals surface area contributed by atoms with Crippen molar-refractivity contribution in [2.75, 3.05) is 18.0 Å². The van der Waals surface area contributed by atoms with E-state index in [1.165, 1.54) is 11.3 Å². The van der Waals surface area contributed by atoms with Crippen molar-refractivity contribution in [3.05, 3.63) is 62.1 Å². The van der Waals surface area contributed by atoms with Gasteiger partial charge in [-0.1, -0.05) is 23.5 Å². The van der Waals surface area contributed by atoms with Gasteiger partial charge in [-0.3, -0.25) is 14.2 Å². The molecule has 3 atom stereocenters. The number of fused-ring (bicyclic) bond motifs is 4. The predicted octanol–water partition coefficient (Wildman–Crippen LogP) is 2.24. The zero-order valence-corrected chi connectivity index (χ0v) is 16.7. The molecule has 0 aliphatic carbocycles. The Labute approximate surface area is 169 Å². The van der Waals surface area contributed by atoms with Crippen LogP contribution in [-0.2, 0) is 11.3 Å². The Hall–Kier alpha value is -2.52. The molecular formula is C19H19N5O2S2. The number of pyridine rings is 1. The van der Waals surface area contributed by atoms with Gasteiger partial charge in [0.2, 0.25) is 11.0 Å². The summed E-state index contributed by atoms with van der Waals surface area (Å²) in [4.78, 5) is 29.2. The number of hydrogen-bond donors (Lipinski definition) is 1. The molecule has 5 heterocycles. The molecule has 3 aromatic heterocycles. The fourth-order valence-corrected chi connectivity index (χ4v) is 5.65.